The molecule has 19 heteroatoms. The maximum atomic E-state index is 13.6. The molecule has 2 aromatic rings. The first kappa shape index (κ1) is 40.0. The average molecular weight is 735 g/mol. The third-order valence-electron chi connectivity index (χ3n) is 7.89. The van der Waals surface area contributed by atoms with Crippen molar-refractivity contribution in [2.24, 2.45) is 0 Å². The Labute approximate surface area is 297 Å². The monoisotopic (exact) mass is 734 g/mol. The Hall–Kier alpha value is -2.48. The number of fused-ring (bicyclic) bond motifs is 2. The third-order valence-corrected chi connectivity index (χ3v) is 9.48. The molecule has 0 aromatic heterocycles. The summed E-state index contributed by atoms with van der Waals surface area (Å²) in [4.78, 5) is 6.59. The minimum absolute atomic E-state index is 0. The molecule has 260 valence electrons. The van der Waals surface area contributed by atoms with E-state index in [9.17, 15) is 47.7 Å². The van der Waals surface area contributed by atoms with Crippen LogP contribution >= 0.6 is 0 Å². The maximum Gasteiger partial charge on any atom is 1.00 e. The second-order valence-corrected chi connectivity index (χ2v) is 14.3. The Morgan fingerprint density at radius 2 is 1.33 bits per heavy atom. The van der Waals surface area contributed by atoms with E-state index in [-0.39, 0.29) is 79.7 Å². The molecule has 2 aliphatic rings. The number of rotatable bonds is 12. The van der Waals surface area contributed by atoms with Gasteiger partial charge in [-0.05, 0) is 74.2 Å². The number of anilines is 4. The molecule has 1 unspecified atom stereocenters. The molecule has 48 heavy (non-hydrogen) atoms. The molecular formula is C29H33F6N4NaO6S2. The van der Waals surface area contributed by atoms with Crippen LogP contribution in [-0.4, -0.2) is 70.8 Å². The van der Waals surface area contributed by atoms with Gasteiger partial charge in [-0.3, -0.25) is 4.55 Å². The molecule has 2 heterocycles. The molecule has 0 saturated carbocycles. The van der Waals surface area contributed by atoms with Gasteiger partial charge >= 0.3 is 41.9 Å². The normalized spacial score (nSPS) is 17.8. The van der Waals surface area contributed by atoms with E-state index in [1.54, 1.807) is 51.9 Å². The Kier molecular flexibility index (Phi) is 12.6. The van der Waals surface area contributed by atoms with Gasteiger partial charge in [0, 0.05) is 32.9 Å². The van der Waals surface area contributed by atoms with Crippen LogP contribution in [0.1, 0.15) is 36.8 Å². The number of nitrogens with zero attached hydrogens (tertiary/aromatic N) is 4. The number of benzene rings is 2. The van der Waals surface area contributed by atoms with Gasteiger partial charge in [0.2, 0.25) is 0 Å². The molecule has 0 radical (unpaired) electrons. The van der Waals surface area contributed by atoms with Crippen LogP contribution in [-0.2, 0) is 32.6 Å². The van der Waals surface area contributed by atoms with Crippen molar-refractivity contribution >= 4 is 43.0 Å². The van der Waals surface area contributed by atoms with Crippen molar-refractivity contribution in [3.8, 4) is 0 Å². The number of hydrogen-bond acceptors (Lipinski definition) is 9. The van der Waals surface area contributed by atoms with Gasteiger partial charge < -0.3 is 24.2 Å². The number of alkyl halides is 6. The number of hydrogen-bond donors (Lipinski definition) is 1. The summed E-state index contributed by atoms with van der Waals surface area (Å²) in [6, 6.07) is 6.52. The number of allylic oxidation sites excluding steroid dienone is 2. The molecule has 2 aliphatic heterocycles. The zero-order valence-corrected chi connectivity index (χ0v) is 29.9. The van der Waals surface area contributed by atoms with Gasteiger partial charge in [-0.1, -0.05) is 6.08 Å². The summed E-state index contributed by atoms with van der Waals surface area (Å²) < 4.78 is 146. The van der Waals surface area contributed by atoms with Gasteiger partial charge in [0.05, 0.1) is 49.7 Å². The van der Waals surface area contributed by atoms with E-state index in [0.29, 0.717) is 17.2 Å². The summed E-state index contributed by atoms with van der Waals surface area (Å²) in [7, 11) is -5.42. The SMILES string of the molecule is CN1C(=CC=CC2N(C)c3ccc(C(F)(F)F)cc3N2CCCCS(=O)(=O)[O-])N(CCCCS(=O)(=O)O)c2cc(C(F)(F)F)ccc21.[Na+]. The standard InChI is InChI=1S/C29H34F6N4O6S2.Na/c1-36-22-12-10-20(28(30,31)32)18-24(22)38(14-3-5-16-46(40,41)42)26(36)8-7-9-27-37(2)23-13-11-21(29(33,34)35)19-25(23)39(27)15-4-6-17-47(43,44)45;/h7-13,18-19,26H,3-6,14-17H2,1-2H3,(H,40,41,42)(H,43,44,45);/q;+1/p-1. The van der Waals surface area contributed by atoms with Crippen molar-refractivity contribution in [3.63, 3.8) is 0 Å². The van der Waals surface area contributed by atoms with Gasteiger partial charge in [-0.25, -0.2) is 8.42 Å². The average Bonchev–Trinajstić information content (AvgIpc) is 3.36. The zero-order chi connectivity index (χ0) is 34.9. The van der Waals surface area contributed by atoms with Crippen molar-refractivity contribution in [1.29, 1.82) is 0 Å². The van der Waals surface area contributed by atoms with Gasteiger partial charge in [0.15, 0.2) is 0 Å². The van der Waals surface area contributed by atoms with Crippen LogP contribution in [0.2, 0.25) is 0 Å². The van der Waals surface area contributed by atoms with Crippen LogP contribution in [0.3, 0.4) is 0 Å². The summed E-state index contributed by atoms with van der Waals surface area (Å²) >= 11 is 0. The third kappa shape index (κ3) is 9.82. The second-order valence-electron chi connectivity index (χ2n) is 11.2. The van der Waals surface area contributed by atoms with Crippen LogP contribution in [0, 0.1) is 0 Å². The van der Waals surface area contributed by atoms with Crippen LogP contribution in [0.4, 0.5) is 49.1 Å². The summed E-state index contributed by atoms with van der Waals surface area (Å²) in [5.74, 6) is -0.708. The van der Waals surface area contributed by atoms with Crippen molar-refractivity contribution in [3.05, 3.63) is 71.6 Å². The molecule has 4 rings (SSSR count). The van der Waals surface area contributed by atoms with Crippen LogP contribution in [0.5, 0.6) is 0 Å². The summed E-state index contributed by atoms with van der Waals surface area (Å²) in [6.07, 6.45) is -4.58. The quantitative estimate of drug-likeness (QED) is 0.151. The fraction of sp³-hybridized carbons (Fsp3) is 0.448. The number of likely N-dealkylation sites (N-methyl/N-ethyl adjacent to an activating group) is 1. The van der Waals surface area contributed by atoms with E-state index in [1.807, 2.05) is 0 Å². The summed E-state index contributed by atoms with van der Waals surface area (Å²) in [5.41, 5.74) is -0.353. The molecule has 2 aromatic carbocycles. The van der Waals surface area contributed by atoms with Crippen LogP contribution in [0.25, 0.3) is 0 Å². The van der Waals surface area contributed by atoms with E-state index in [0.717, 1.165) is 24.3 Å². The maximum absolute atomic E-state index is 13.6. The summed E-state index contributed by atoms with van der Waals surface area (Å²) in [6.45, 7) is 0.225. The van der Waals surface area contributed by atoms with E-state index in [1.165, 1.54) is 12.1 Å². The minimum Gasteiger partial charge on any atom is -0.748 e. The van der Waals surface area contributed by atoms with Gasteiger partial charge in [-0.15, -0.1) is 0 Å². The van der Waals surface area contributed by atoms with Gasteiger partial charge in [0.25, 0.3) is 10.1 Å². The molecule has 0 spiro atoms. The largest absolute Gasteiger partial charge is 1.00 e. The molecule has 1 atom stereocenters. The predicted molar refractivity (Wildman–Crippen MR) is 165 cm³/mol. The first-order valence-corrected chi connectivity index (χ1v) is 17.6. The van der Waals surface area contributed by atoms with Crippen molar-refractivity contribution in [2.75, 3.05) is 58.3 Å². The van der Waals surface area contributed by atoms with Crippen molar-refractivity contribution in [1.82, 2.24) is 0 Å². The van der Waals surface area contributed by atoms with Gasteiger partial charge in [0.1, 0.15) is 12.0 Å². The van der Waals surface area contributed by atoms with Gasteiger partial charge in [-0.2, -0.15) is 34.8 Å². The van der Waals surface area contributed by atoms with Crippen LogP contribution < -0.4 is 49.2 Å². The van der Waals surface area contributed by atoms with Crippen LogP contribution in [0.15, 0.2) is 60.4 Å². The Morgan fingerprint density at radius 3 is 1.90 bits per heavy atom. The van der Waals surface area contributed by atoms with E-state index < -0.39 is 61.4 Å². The fourth-order valence-electron chi connectivity index (χ4n) is 5.63. The number of halogens is 6. The Morgan fingerprint density at radius 1 is 0.792 bits per heavy atom. The van der Waals surface area contributed by atoms with Crippen molar-refractivity contribution < 1.29 is 81.8 Å². The molecule has 0 fully saturated rings. The predicted octanol–water partition coefficient (Wildman–Crippen LogP) is 2.66. The van der Waals surface area contributed by atoms with E-state index in [4.69, 9.17) is 4.55 Å². The first-order chi connectivity index (χ1) is 21.7. The molecule has 0 saturated heterocycles. The topological polar surface area (TPSA) is 125 Å². The van der Waals surface area contributed by atoms with E-state index >= 15 is 0 Å². The molecule has 1 N–H and O–H groups in total. The summed E-state index contributed by atoms with van der Waals surface area (Å²) in [5, 5.41) is 0. The molecule has 10 nitrogen and oxygen atoms in total. The molecule has 0 bridgehead atoms. The molecule has 0 amide bonds. The minimum atomic E-state index is -4.62. The molecular weight excluding hydrogens is 701 g/mol. The number of unbranched alkanes of at least 4 members (excludes halogenated alkanes) is 2. The first-order valence-electron chi connectivity index (χ1n) is 14.4. The van der Waals surface area contributed by atoms with E-state index in [2.05, 4.69) is 0 Å². The Balaban J connectivity index is 0.00000625. The zero-order valence-electron chi connectivity index (χ0n) is 26.3. The van der Waals surface area contributed by atoms with Crippen molar-refractivity contribution in [2.45, 2.75) is 44.2 Å². The smallest absolute Gasteiger partial charge is 0.748 e. The second kappa shape index (κ2) is 15.2. The molecule has 0 aliphatic carbocycles. The Bertz CT molecular complexity index is 1750. The fourth-order valence-corrected chi connectivity index (χ4v) is 6.76.